The summed E-state index contributed by atoms with van der Waals surface area (Å²) in [7, 11) is 4.31. The maximum atomic E-state index is 11.8. The van der Waals surface area contributed by atoms with Crippen LogP contribution in [0, 0.1) is 11.3 Å². The monoisotopic (exact) mass is 317 g/mol. The van der Waals surface area contributed by atoms with Crippen LogP contribution >= 0.6 is 0 Å². The molecule has 0 fully saturated rings. The van der Waals surface area contributed by atoms with Gasteiger partial charge in [-0.05, 0) is 24.1 Å². The molecule has 1 N–H and O–H groups in total. The Kier molecular flexibility index (Phi) is 4.80. The lowest BCUT2D eigenvalue weighted by Gasteiger charge is -2.32. The number of hydrogen-bond donors (Lipinski definition) is 1. The number of methoxy groups -OCH3 is 3. The van der Waals surface area contributed by atoms with Gasteiger partial charge < -0.3 is 19.3 Å². The summed E-state index contributed by atoms with van der Waals surface area (Å²) < 4.78 is 15.2. The average molecular weight is 317 g/mol. The van der Waals surface area contributed by atoms with Gasteiger partial charge in [0.2, 0.25) is 0 Å². The van der Waals surface area contributed by atoms with Gasteiger partial charge in [-0.1, -0.05) is 6.07 Å². The highest BCUT2D eigenvalue weighted by molar-refractivity contribution is 5.89. The third kappa shape index (κ3) is 2.95. The first kappa shape index (κ1) is 16.7. The lowest BCUT2D eigenvalue weighted by atomic mass is 9.70. The molecule has 6 heteroatoms. The molecule has 1 aliphatic carbocycles. The van der Waals surface area contributed by atoms with Crippen LogP contribution in [0.25, 0.3) is 0 Å². The van der Waals surface area contributed by atoms with Crippen molar-refractivity contribution in [2.45, 2.75) is 24.7 Å². The Bertz CT molecular complexity index is 689. The van der Waals surface area contributed by atoms with Gasteiger partial charge in [0.05, 0.1) is 38.4 Å². The van der Waals surface area contributed by atoms with Crippen molar-refractivity contribution >= 4 is 5.97 Å². The first-order valence-corrected chi connectivity index (χ1v) is 7.14. The Hall–Kier alpha value is -2.68. The number of carbonyl (C=O) groups is 1. The second kappa shape index (κ2) is 6.61. The first-order chi connectivity index (χ1) is 11.0. The minimum atomic E-state index is -0.921. The van der Waals surface area contributed by atoms with Crippen LogP contribution in [0.1, 0.15) is 24.8 Å². The third-order valence-electron chi connectivity index (χ3n) is 4.20. The van der Waals surface area contributed by atoms with E-state index in [1.54, 1.807) is 18.2 Å². The maximum Gasteiger partial charge on any atom is 0.337 e. The van der Waals surface area contributed by atoms with Crippen molar-refractivity contribution < 1.29 is 24.1 Å². The van der Waals surface area contributed by atoms with Crippen molar-refractivity contribution in [3.8, 4) is 17.6 Å². The molecule has 0 aromatic heterocycles. The van der Waals surface area contributed by atoms with Gasteiger partial charge in [0.1, 0.15) is 5.76 Å². The highest BCUT2D eigenvalue weighted by atomic mass is 16.5. The standard InChI is InChI=1S/C17H19NO5/c1-21-14-5-4-11(8-15(14)22-2)17(10-18)7-6-13(19)12(9-17)16(20)23-3/h4-5,8,19H,6-7,9H2,1-3H3. The number of aliphatic hydroxyl groups excluding tert-OH is 1. The number of rotatable bonds is 4. The minimum Gasteiger partial charge on any atom is -0.512 e. The molecule has 0 saturated carbocycles. The van der Waals surface area contributed by atoms with Crippen LogP contribution in [0.15, 0.2) is 29.5 Å². The fourth-order valence-electron chi connectivity index (χ4n) is 2.83. The topological polar surface area (TPSA) is 88.8 Å². The van der Waals surface area contributed by atoms with Gasteiger partial charge in [-0.2, -0.15) is 5.26 Å². The van der Waals surface area contributed by atoms with E-state index in [4.69, 9.17) is 14.2 Å². The van der Waals surface area contributed by atoms with Crippen molar-refractivity contribution in [3.63, 3.8) is 0 Å². The van der Waals surface area contributed by atoms with Gasteiger partial charge >= 0.3 is 5.97 Å². The second-order valence-electron chi connectivity index (χ2n) is 5.36. The number of nitrogens with zero attached hydrogens (tertiary/aromatic N) is 1. The molecule has 0 amide bonds. The van der Waals surface area contributed by atoms with Crippen LogP contribution in [0.2, 0.25) is 0 Å². The molecule has 122 valence electrons. The molecular weight excluding hydrogens is 298 g/mol. The van der Waals surface area contributed by atoms with Gasteiger partial charge in [0.15, 0.2) is 11.5 Å². The zero-order valence-electron chi connectivity index (χ0n) is 13.4. The number of nitriles is 1. The Labute approximate surface area is 134 Å². The maximum absolute atomic E-state index is 11.8. The minimum absolute atomic E-state index is 0.0109. The van der Waals surface area contributed by atoms with Crippen LogP contribution in [-0.4, -0.2) is 32.4 Å². The van der Waals surface area contributed by atoms with Crippen LogP contribution in [0.3, 0.4) is 0 Å². The van der Waals surface area contributed by atoms with Gasteiger partial charge in [0.25, 0.3) is 0 Å². The molecule has 1 unspecified atom stereocenters. The van der Waals surface area contributed by atoms with Crippen LogP contribution < -0.4 is 9.47 Å². The molecule has 23 heavy (non-hydrogen) atoms. The highest BCUT2D eigenvalue weighted by Crippen LogP contribution is 2.43. The lowest BCUT2D eigenvalue weighted by Crippen LogP contribution is -2.31. The summed E-state index contributed by atoms with van der Waals surface area (Å²) in [6.45, 7) is 0. The predicted molar refractivity (Wildman–Crippen MR) is 82.4 cm³/mol. The zero-order valence-corrected chi connectivity index (χ0v) is 13.4. The average Bonchev–Trinajstić information content (AvgIpc) is 2.61. The molecule has 1 aliphatic rings. The Morgan fingerprint density at radius 1 is 1.26 bits per heavy atom. The van der Waals surface area contributed by atoms with E-state index in [1.165, 1.54) is 21.3 Å². The molecule has 1 aromatic rings. The fourth-order valence-corrected chi connectivity index (χ4v) is 2.83. The van der Waals surface area contributed by atoms with E-state index in [-0.39, 0.29) is 24.2 Å². The summed E-state index contributed by atoms with van der Waals surface area (Å²) in [6, 6.07) is 7.54. The van der Waals surface area contributed by atoms with Crippen LogP contribution in [0.5, 0.6) is 11.5 Å². The number of ether oxygens (including phenoxy) is 3. The first-order valence-electron chi connectivity index (χ1n) is 7.14. The summed E-state index contributed by atoms with van der Waals surface area (Å²) in [5.74, 6) is 0.454. The molecule has 0 aliphatic heterocycles. The summed E-state index contributed by atoms with van der Waals surface area (Å²) >= 11 is 0. The Balaban J connectivity index is 2.48. The molecule has 0 bridgehead atoms. The summed E-state index contributed by atoms with van der Waals surface area (Å²) in [5, 5.41) is 19.7. The van der Waals surface area contributed by atoms with E-state index < -0.39 is 11.4 Å². The van der Waals surface area contributed by atoms with Crippen LogP contribution in [-0.2, 0) is 14.9 Å². The van der Waals surface area contributed by atoms with Gasteiger partial charge in [-0.25, -0.2) is 4.79 Å². The Morgan fingerprint density at radius 3 is 2.52 bits per heavy atom. The summed E-state index contributed by atoms with van der Waals surface area (Å²) in [6.07, 6.45) is 0.745. The van der Waals surface area contributed by atoms with Crippen molar-refractivity contribution in [2.75, 3.05) is 21.3 Å². The van der Waals surface area contributed by atoms with Gasteiger partial charge in [0, 0.05) is 12.8 Å². The predicted octanol–water partition coefficient (Wildman–Crippen LogP) is 2.63. The molecular formula is C17H19NO5. The quantitative estimate of drug-likeness (QED) is 0.859. The van der Waals surface area contributed by atoms with Crippen molar-refractivity contribution in [1.82, 2.24) is 0 Å². The molecule has 0 saturated heterocycles. The lowest BCUT2D eigenvalue weighted by molar-refractivity contribution is -0.136. The molecule has 2 rings (SSSR count). The van der Waals surface area contributed by atoms with E-state index in [0.29, 0.717) is 23.5 Å². The third-order valence-corrected chi connectivity index (χ3v) is 4.20. The Morgan fingerprint density at radius 2 is 1.96 bits per heavy atom. The molecule has 1 aromatic carbocycles. The van der Waals surface area contributed by atoms with E-state index in [9.17, 15) is 15.2 Å². The number of carbonyl (C=O) groups excluding carboxylic acids is 1. The van der Waals surface area contributed by atoms with E-state index in [1.807, 2.05) is 0 Å². The van der Waals surface area contributed by atoms with Crippen molar-refractivity contribution in [2.24, 2.45) is 0 Å². The summed E-state index contributed by atoms with van der Waals surface area (Å²) in [5.41, 5.74) is -0.0587. The molecule has 0 heterocycles. The second-order valence-corrected chi connectivity index (χ2v) is 5.36. The van der Waals surface area contributed by atoms with Crippen LogP contribution in [0.4, 0.5) is 0 Å². The zero-order chi connectivity index (χ0) is 17.0. The largest absolute Gasteiger partial charge is 0.512 e. The number of aliphatic hydroxyl groups is 1. The SMILES string of the molecule is COC(=O)C1=C(O)CCC(C#N)(c2ccc(OC)c(OC)c2)C1. The van der Waals surface area contributed by atoms with E-state index in [2.05, 4.69) is 6.07 Å². The smallest absolute Gasteiger partial charge is 0.337 e. The van der Waals surface area contributed by atoms with Crippen molar-refractivity contribution in [3.05, 3.63) is 35.1 Å². The molecule has 1 atom stereocenters. The highest BCUT2D eigenvalue weighted by Gasteiger charge is 2.40. The van der Waals surface area contributed by atoms with E-state index in [0.717, 1.165) is 0 Å². The normalized spacial score (nSPS) is 20.6. The van der Waals surface area contributed by atoms with Gasteiger partial charge in [-0.3, -0.25) is 0 Å². The van der Waals surface area contributed by atoms with E-state index >= 15 is 0 Å². The fraction of sp³-hybridized carbons (Fsp3) is 0.412. The number of allylic oxidation sites excluding steroid dienone is 1. The molecule has 0 spiro atoms. The number of benzene rings is 1. The molecule has 0 radical (unpaired) electrons. The summed E-state index contributed by atoms with van der Waals surface area (Å²) in [4.78, 5) is 11.8. The number of esters is 1. The van der Waals surface area contributed by atoms with Gasteiger partial charge in [-0.15, -0.1) is 0 Å². The van der Waals surface area contributed by atoms with Crippen molar-refractivity contribution in [1.29, 1.82) is 5.26 Å². The number of hydrogen-bond acceptors (Lipinski definition) is 6. The molecule has 6 nitrogen and oxygen atoms in total.